The lowest BCUT2D eigenvalue weighted by molar-refractivity contribution is -0.137. The van der Waals surface area contributed by atoms with E-state index in [1.54, 1.807) is 0 Å². The van der Waals surface area contributed by atoms with Gasteiger partial charge < -0.3 is 0 Å². The highest BCUT2D eigenvalue weighted by Gasteiger charge is 2.30. The summed E-state index contributed by atoms with van der Waals surface area (Å²) in [6, 6.07) is 13.3. The maximum Gasteiger partial charge on any atom is 0.416 e. The van der Waals surface area contributed by atoms with Gasteiger partial charge in [-0.05, 0) is 35.0 Å². The number of rotatable bonds is 2. The Balaban J connectivity index is 2.33. The molecule has 0 aliphatic rings. The summed E-state index contributed by atoms with van der Waals surface area (Å²) in [7, 11) is 2.48. The number of hydrogen-bond donors (Lipinski definition) is 0. The van der Waals surface area contributed by atoms with Gasteiger partial charge in [0.25, 0.3) is 0 Å². The topological polar surface area (TPSA) is 0 Å². The molecule has 0 aliphatic carbocycles. The molecule has 94 valence electrons. The van der Waals surface area contributed by atoms with Crippen LogP contribution >= 0.6 is 9.24 Å². The first-order valence-electron chi connectivity index (χ1n) is 5.46. The molecule has 0 aromatic heterocycles. The summed E-state index contributed by atoms with van der Waals surface area (Å²) < 4.78 is 37.9. The number of hydrogen-bond acceptors (Lipinski definition) is 0. The zero-order valence-electron chi connectivity index (χ0n) is 9.54. The van der Waals surface area contributed by atoms with Crippen molar-refractivity contribution in [3.8, 4) is 0 Å². The first-order chi connectivity index (χ1) is 8.47. The Kier molecular flexibility index (Phi) is 3.72. The Bertz CT molecular complexity index is 532. The molecule has 18 heavy (non-hydrogen) atoms. The molecular formula is C14H12F3P. The fourth-order valence-corrected chi connectivity index (χ4v) is 2.03. The second-order valence-electron chi connectivity index (χ2n) is 4.07. The van der Waals surface area contributed by atoms with Gasteiger partial charge in [0, 0.05) is 0 Å². The van der Waals surface area contributed by atoms with Crippen LogP contribution < -0.4 is 5.30 Å². The second kappa shape index (κ2) is 5.11. The Morgan fingerprint density at radius 2 is 1.61 bits per heavy atom. The van der Waals surface area contributed by atoms with E-state index in [1.807, 2.05) is 30.3 Å². The second-order valence-corrected chi connectivity index (χ2v) is 4.70. The number of halogens is 3. The smallest absolute Gasteiger partial charge is 0.166 e. The van der Waals surface area contributed by atoms with Gasteiger partial charge in [-0.2, -0.15) is 13.2 Å². The molecule has 1 atom stereocenters. The van der Waals surface area contributed by atoms with E-state index in [2.05, 4.69) is 9.24 Å². The monoisotopic (exact) mass is 268 g/mol. The fourth-order valence-electron chi connectivity index (χ4n) is 1.75. The van der Waals surface area contributed by atoms with Crippen LogP contribution in [-0.4, -0.2) is 0 Å². The van der Waals surface area contributed by atoms with Crippen molar-refractivity contribution in [1.29, 1.82) is 0 Å². The highest BCUT2D eigenvalue weighted by atomic mass is 31.0. The molecule has 0 bridgehead atoms. The Morgan fingerprint density at radius 1 is 0.944 bits per heavy atom. The van der Waals surface area contributed by atoms with Gasteiger partial charge in [0.1, 0.15) is 0 Å². The van der Waals surface area contributed by atoms with E-state index in [1.165, 1.54) is 12.1 Å². The van der Waals surface area contributed by atoms with E-state index in [9.17, 15) is 13.2 Å². The van der Waals surface area contributed by atoms with Crippen LogP contribution in [0, 0.1) is 0 Å². The largest absolute Gasteiger partial charge is 0.416 e. The van der Waals surface area contributed by atoms with E-state index in [0.717, 1.165) is 16.9 Å². The molecule has 2 aromatic carbocycles. The molecule has 0 amide bonds. The molecule has 0 saturated heterocycles. The zero-order chi connectivity index (χ0) is 13.2. The lowest BCUT2D eigenvalue weighted by atomic mass is 10.0. The molecular weight excluding hydrogens is 256 g/mol. The quantitative estimate of drug-likeness (QED) is 0.727. The highest BCUT2D eigenvalue weighted by molar-refractivity contribution is 7.27. The van der Waals surface area contributed by atoms with Crippen molar-refractivity contribution in [3.63, 3.8) is 0 Å². The highest BCUT2D eigenvalue weighted by Crippen LogP contribution is 2.29. The molecule has 0 saturated carbocycles. The van der Waals surface area contributed by atoms with E-state index >= 15 is 0 Å². The van der Waals surface area contributed by atoms with Crippen molar-refractivity contribution in [3.05, 3.63) is 65.2 Å². The molecule has 1 unspecified atom stereocenters. The minimum absolute atomic E-state index is 0.504. The maximum absolute atomic E-state index is 12.6. The van der Waals surface area contributed by atoms with Crippen molar-refractivity contribution in [2.75, 3.05) is 0 Å². The minimum Gasteiger partial charge on any atom is -0.166 e. The van der Waals surface area contributed by atoms with Crippen molar-refractivity contribution < 1.29 is 13.2 Å². The summed E-state index contributed by atoms with van der Waals surface area (Å²) >= 11 is 0. The van der Waals surface area contributed by atoms with E-state index in [-0.39, 0.29) is 0 Å². The van der Waals surface area contributed by atoms with Crippen molar-refractivity contribution in [1.82, 2.24) is 0 Å². The minimum atomic E-state index is -4.29. The summed E-state index contributed by atoms with van der Waals surface area (Å²) in [6.45, 7) is 0. The molecule has 0 fully saturated rings. The standard InChI is InChI=1S/C14H12F3P/c15-14(16,17)12-6-7-13(18)11(9-12)8-10-4-2-1-3-5-10/h1-7,9H,8,18H2. The fraction of sp³-hybridized carbons (Fsp3) is 0.143. The number of alkyl halides is 3. The third-order valence-corrected chi connectivity index (χ3v) is 3.27. The van der Waals surface area contributed by atoms with Gasteiger partial charge in [0.15, 0.2) is 0 Å². The number of benzene rings is 2. The first-order valence-corrected chi connectivity index (χ1v) is 6.04. The van der Waals surface area contributed by atoms with Gasteiger partial charge in [0.05, 0.1) is 5.56 Å². The molecule has 2 aromatic rings. The predicted octanol–water partition coefficient (Wildman–Crippen LogP) is 3.80. The average Bonchev–Trinajstić information content (AvgIpc) is 2.32. The van der Waals surface area contributed by atoms with Crippen molar-refractivity contribution >= 4 is 14.5 Å². The molecule has 0 radical (unpaired) electrons. The van der Waals surface area contributed by atoms with Crippen LogP contribution in [0.1, 0.15) is 16.7 Å². The van der Waals surface area contributed by atoms with E-state index < -0.39 is 11.7 Å². The molecule has 0 spiro atoms. The molecule has 0 N–H and O–H groups in total. The van der Waals surface area contributed by atoms with Gasteiger partial charge >= 0.3 is 6.18 Å². The molecule has 4 heteroatoms. The molecule has 2 rings (SSSR count). The van der Waals surface area contributed by atoms with Gasteiger partial charge in [-0.1, -0.05) is 36.4 Å². The molecule has 0 aliphatic heterocycles. The zero-order valence-corrected chi connectivity index (χ0v) is 10.7. The Hall–Kier alpha value is -1.34. The van der Waals surface area contributed by atoms with Crippen molar-refractivity contribution in [2.45, 2.75) is 12.6 Å². The maximum atomic E-state index is 12.6. The lowest BCUT2D eigenvalue weighted by Crippen LogP contribution is -2.10. The van der Waals surface area contributed by atoms with Crippen LogP contribution in [0.5, 0.6) is 0 Å². The lowest BCUT2D eigenvalue weighted by Gasteiger charge is -2.11. The van der Waals surface area contributed by atoms with Crippen LogP contribution in [0.2, 0.25) is 0 Å². The summed E-state index contributed by atoms with van der Waals surface area (Å²) in [5, 5.41) is 0.798. The van der Waals surface area contributed by atoms with E-state index in [4.69, 9.17) is 0 Å². The van der Waals surface area contributed by atoms with Crippen LogP contribution in [0.15, 0.2) is 48.5 Å². The van der Waals surface area contributed by atoms with Crippen molar-refractivity contribution in [2.24, 2.45) is 0 Å². The predicted molar refractivity (Wildman–Crippen MR) is 70.0 cm³/mol. The normalized spacial score (nSPS) is 11.6. The summed E-state index contributed by atoms with van der Waals surface area (Å²) in [5.74, 6) is 0. The van der Waals surface area contributed by atoms with Gasteiger partial charge in [-0.15, -0.1) is 9.24 Å². The Labute approximate surface area is 106 Å². The van der Waals surface area contributed by atoms with Crippen LogP contribution in [0.3, 0.4) is 0 Å². The third kappa shape index (κ3) is 3.11. The summed E-state index contributed by atoms with van der Waals surface area (Å²) in [5.41, 5.74) is 1.08. The average molecular weight is 268 g/mol. The summed E-state index contributed by atoms with van der Waals surface area (Å²) in [6.07, 6.45) is -3.78. The van der Waals surface area contributed by atoms with Crippen LogP contribution in [0.4, 0.5) is 13.2 Å². The van der Waals surface area contributed by atoms with Gasteiger partial charge in [-0.25, -0.2) is 0 Å². The molecule has 0 nitrogen and oxygen atoms in total. The van der Waals surface area contributed by atoms with Gasteiger partial charge in [-0.3, -0.25) is 0 Å². The molecule has 0 heterocycles. The van der Waals surface area contributed by atoms with Crippen LogP contribution in [0.25, 0.3) is 0 Å². The Morgan fingerprint density at radius 3 is 2.22 bits per heavy atom. The van der Waals surface area contributed by atoms with E-state index in [0.29, 0.717) is 12.0 Å². The van der Waals surface area contributed by atoms with Crippen LogP contribution in [-0.2, 0) is 12.6 Å². The SMILES string of the molecule is FC(F)(F)c1ccc(P)c(Cc2ccccc2)c1. The third-order valence-electron chi connectivity index (χ3n) is 2.71. The summed E-state index contributed by atoms with van der Waals surface area (Å²) in [4.78, 5) is 0. The first kappa shape index (κ1) is 13.1. The van der Waals surface area contributed by atoms with Gasteiger partial charge in [0.2, 0.25) is 0 Å².